The predicted octanol–water partition coefficient (Wildman–Crippen LogP) is 2.78. The third-order valence-electron chi connectivity index (χ3n) is 4.90. The van der Waals surface area contributed by atoms with E-state index in [4.69, 9.17) is 23.5 Å². The minimum Gasteiger partial charge on any atom is -0.382 e. The van der Waals surface area contributed by atoms with E-state index < -0.39 is 5.60 Å². The van der Waals surface area contributed by atoms with Crippen LogP contribution in [0.4, 0.5) is 5.88 Å². The second-order valence-electron chi connectivity index (χ2n) is 8.34. The van der Waals surface area contributed by atoms with Crippen LogP contribution in [0, 0.1) is 5.92 Å². The van der Waals surface area contributed by atoms with Gasteiger partial charge in [-0.2, -0.15) is 0 Å². The molecule has 8 nitrogen and oxygen atoms in total. The molecule has 28 heavy (non-hydrogen) atoms. The number of anilines is 1. The summed E-state index contributed by atoms with van der Waals surface area (Å²) >= 11 is 0. The average molecular weight is 399 g/mol. The van der Waals surface area contributed by atoms with Gasteiger partial charge in [0.2, 0.25) is 5.88 Å². The third-order valence-corrected chi connectivity index (χ3v) is 4.90. The van der Waals surface area contributed by atoms with Crippen molar-refractivity contribution >= 4 is 11.8 Å². The summed E-state index contributed by atoms with van der Waals surface area (Å²) in [5.41, 5.74) is -0.611. The molecule has 1 aromatic rings. The maximum Gasteiger partial charge on any atom is 0.258 e. The van der Waals surface area contributed by atoms with Gasteiger partial charge in [-0.15, -0.1) is 0 Å². The molecule has 0 aliphatic carbocycles. The Balaban J connectivity index is 1.85. The Labute approximate surface area is 167 Å². The second-order valence-corrected chi connectivity index (χ2v) is 8.34. The van der Waals surface area contributed by atoms with Crippen LogP contribution in [0.5, 0.6) is 0 Å². The molecule has 1 amide bonds. The molecular formula is C20H34N2O6. The number of hydrogen-bond acceptors (Lipinski definition) is 7. The maximum atomic E-state index is 12.6. The first-order valence-corrected chi connectivity index (χ1v) is 9.81. The molecule has 0 bridgehead atoms. The Morgan fingerprint density at radius 1 is 1.25 bits per heavy atom. The number of nitrogens with one attached hydrogen (secondary N) is 1. The van der Waals surface area contributed by atoms with E-state index in [-0.39, 0.29) is 11.3 Å². The fourth-order valence-electron chi connectivity index (χ4n) is 2.76. The molecule has 0 atom stereocenters. The van der Waals surface area contributed by atoms with Crippen molar-refractivity contribution in [3.8, 4) is 0 Å². The largest absolute Gasteiger partial charge is 0.382 e. The fraction of sp³-hybridized carbons (Fsp3) is 0.800. The quantitative estimate of drug-likeness (QED) is 0.573. The molecule has 0 saturated carbocycles. The minimum absolute atomic E-state index is 0.267. The van der Waals surface area contributed by atoms with E-state index >= 15 is 0 Å². The highest BCUT2D eigenvalue weighted by atomic mass is 16.5. The lowest BCUT2D eigenvalue weighted by Gasteiger charge is -2.28. The second kappa shape index (κ2) is 10.3. The van der Waals surface area contributed by atoms with Gasteiger partial charge in [0, 0.05) is 31.8 Å². The number of ether oxygens (including phenoxy) is 4. The molecular weight excluding hydrogens is 364 g/mol. The number of hydrogen-bond donors (Lipinski definition) is 1. The fourth-order valence-corrected chi connectivity index (χ4v) is 2.76. The summed E-state index contributed by atoms with van der Waals surface area (Å²) in [6, 6.07) is 1.73. The van der Waals surface area contributed by atoms with Crippen molar-refractivity contribution in [2.45, 2.75) is 51.6 Å². The lowest BCUT2D eigenvalue weighted by molar-refractivity contribution is -0.140. The number of carbonyl (C=O) groups excluding carboxylic acids is 1. The highest BCUT2D eigenvalue weighted by molar-refractivity contribution is 5.95. The van der Waals surface area contributed by atoms with Crippen LogP contribution >= 0.6 is 0 Å². The van der Waals surface area contributed by atoms with E-state index in [2.05, 4.69) is 10.5 Å². The van der Waals surface area contributed by atoms with Gasteiger partial charge in [-0.05, 0) is 32.6 Å². The molecule has 2 heterocycles. The van der Waals surface area contributed by atoms with Crippen molar-refractivity contribution in [2.24, 2.45) is 5.92 Å². The Kier molecular flexibility index (Phi) is 8.42. The van der Waals surface area contributed by atoms with Crippen molar-refractivity contribution in [3.05, 3.63) is 11.8 Å². The zero-order chi connectivity index (χ0) is 20.6. The number of methoxy groups -OCH3 is 1. The molecule has 8 heteroatoms. The summed E-state index contributed by atoms with van der Waals surface area (Å²) in [6.45, 7) is 11.1. The average Bonchev–Trinajstić information content (AvgIpc) is 3.14. The van der Waals surface area contributed by atoms with Gasteiger partial charge in [-0.3, -0.25) is 10.1 Å². The van der Waals surface area contributed by atoms with Crippen LogP contribution in [0.3, 0.4) is 0 Å². The first-order valence-electron chi connectivity index (χ1n) is 9.81. The van der Waals surface area contributed by atoms with Gasteiger partial charge < -0.3 is 23.5 Å². The van der Waals surface area contributed by atoms with Gasteiger partial charge in [0.05, 0.1) is 32.1 Å². The molecule has 2 rings (SSSR count). The van der Waals surface area contributed by atoms with Crippen LogP contribution in [-0.4, -0.2) is 63.4 Å². The van der Waals surface area contributed by atoms with Gasteiger partial charge in [0.15, 0.2) is 0 Å². The standard InChI is InChI=1S/C20H34N2O6/c1-19(2,14-26-11-10-24-5)16-12-17(28-22-16)21-18(23)20(3,4)27-13-15-6-8-25-9-7-15/h12,15H,6-11,13-14H2,1-5H3,(H,21,23). The van der Waals surface area contributed by atoms with Crippen LogP contribution in [0.25, 0.3) is 0 Å². The summed E-state index contributed by atoms with van der Waals surface area (Å²) in [5.74, 6) is 0.459. The van der Waals surface area contributed by atoms with Gasteiger partial charge >= 0.3 is 0 Å². The van der Waals surface area contributed by atoms with Crippen molar-refractivity contribution < 1.29 is 28.3 Å². The van der Waals surface area contributed by atoms with Crippen molar-refractivity contribution in [3.63, 3.8) is 0 Å². The van der Waals surface area contributed by atoms with Crippen LogP contribution in [0.2, 0.25) is 0 Å². The molecule has 1 fully saturated rings. The topological polar surface area (TPSA) is 92.1 Å². The number of aromatic nitrogens is 1. The molecule has 1 N–H and O–H groups in total. The lowest BCUT2D eigenvalue weighted by atomic mass is 9.90. The van der Waals surface area contributed by atoms with E-state index in [0.29, 0.717) is 43.9 Å². The summed E-state index contributed by atoms with van der Waals surface area (Å²) in [4.78, 5) is 12.6. The number of amides is 1. The monoisotopic (exact) mass is 398 g/mol. The summed E-state index contributed by atoms with van der Waals surface area (Å²) in [5, 5.41) is 6.85. The van der Waals surface area contributed by atoms with Crippen molar-refractivity contribution in [2.75, 3.05) is 52.1 Å². The molecule has 0 aromatic carbocycles. The Bertz CT molecular complexity index is 608. The van der Waals surface area contributed by atoms with Crippen LogP contribution < -0.4 is 5.32 Å². The molecule has 1 aromatic heterocycles. The van der Waals surface area contributed by atoms with Gasteiger partial charge in [0.1, 0.15) is 5.60 Å². The molecule has 160 valence electrons. The third kappa shape index (κ3) is 6.84. The number of rotatable bonds is 11. The predicted molar refractivity (Wildman–Crippen MR) is 104 cm³/mol. The Morgan fingerprint density at radius 2 is 1.96 bits per heavy atom. The lowest BCUT2D eigenvalue weighted by Crippen LogP contribution is -2.41. The first kappa shape index (κ1) is 22.8. The van der Waals surface area contributed by atoms with E-state index in [1.807, 2.05) is 13.8 Å². The normalized spacial score (nSPS) is 16.3. The molecule has 1 aliphatic rings. The van der Waals surface area contributed by atoms with Crippen LogP contribution in [-0.2, 0) is 29.2 Å². The van der Waals surface area contributed by atoms with Crippen molar-refractivity contribution in [1.82, 2.24) is 5.16 Å². The number of carbonyl (C=O) groups is 1. The molecule has 1 saturated heterocycles. The van der Waals surface area contributed by atoms with Gasteiger partial charge in [-0.25, -0.2) is 0 Å². The zero-order valence-corrected chi connectivity index (χ0v) is 17.7. The molecule has 0 radical (unpaired) electrons. The SMILES string of the molecule is COCCOCC(C)(C)c1cc(NC(=O)C(C)(C)OCC2CCOCC2)on1. The van der Waals surface area contributed by atoms with E-state index in [9.17, 15) is 4.79 Å². The summed E-state index contributed by atoms with van der Waals surface area (Å²) in [6.07, 6.45) is 1.93. The molecule has 0 unspecified atom stereocenters. The van der Waals surface area contributed by atoms with Crippen LogP contribution in [0.1, 0.15) is 46.2 Å². The minimum atomic E-state index is -0.968. The summed E-state index contributed by atoms with van der Waals surface area (Å²) in [7, 11) is 1.63. The Hall–Kier alpha value is -1.48. The van der Waals surface area contributed by atoms with Gasteiger partial charge in [0.25, 0.3) is 5.91 Å². The smallest absolute Gasteiger partial charge is 0.258 e. The van der Waals surface area contributed by atoms with Crippen LogP contribution in [0.15, 0.2) is 10.6 Å². The molecule has 1 aliphatic heterocycles. The number of nitrogens with zero attached hydrogens (tertiary/aromatic N) is 1. The van der Waals surface area contributed by atoms with Gasteiger partial charge in [-0.1, -0.05) is 19.0 Å². The molecule has 0 spiro atoms. The van der Waals surface area contributed by atoms with Crippen molar-refractivity contribution in [1.29, 1.82) is 0 Å². The highest BCUT2D eigenvalue weighted by Gasteiger charge is 2.32. The van der Waals surface area contributed by atoms with E-state index in [1.54, 1.807) is 27.0 Å². The zero-order valence-electron chi connectivity index (χ0n) is 17.7. The first-order chi connectivity index (χ1) is 13.2. The maximum absolute atomic E-state index is 12.6. The Morgan fingerprint density at radius 3 is 2.64 bits per heavy atom. The summed E-state index contributed by atoms with van der Waals surface area (Å²) < 4.78 is 27.1. The van der Waals surface area contributed by atoms with E-state index in [0.717, 1.165) is 26.1 Å². The highest BCUT2D eigenvalue weighted by Crippen LogP contribution is 2.26. The van der Waals surface area contributed by atoms with E-state index in [1.165, 1.54) is 0 Å².